The highest BCUT2D eigenvalue weighted by Crippen LogP contribution is 2.28. The minimum absolute atomic E-state index is 0.308. The lowest BCUT2D eigenvalue weighted by atomic mass is 9.96. The number of benzene rings is 3. The second-order valence-electron chi connectivity index (χ2n) is 7.40. The largest absolute Gasteiger partial charge is 0.494 e. The van der Waals surface area contributed by atoms with Crippen LogP contribution in [0.25, 0.3) is 22.6 Å². The SMILES string of the molecule is CCOC(=O)c1ccc(OCCC(C)c2cccc(-c3nc4ccccc4o3)c2)cc1. The van der Waals surface area contributed by atoms with Crippen molar-refractivity contribution in [2.24, 2.45) is 0 Å². The van der Waals surface area contributed by atoms with Crippen LogP contribution in [0.4, 0.5) is 0 Å². The second kappa shape index (κ2) is 9.47. The van der Waals surface area contributed by atoms with Crippen LogP contribution >= 0.6 is 0 Å². The molecule has 1 unspecified atom stereocenters. The summed E-state index contributed by atoms with van der Waals surface area (Å²) in [6.07, 6.45) is 0.858. The summed E-state index contributed by atoms with van der Waals surface area (Å²) in [6, 6.07) is 23.1. The number of carbonyl (C=O) groups excluding carboxylic acids is 1. The van der Waals surface area contributed by atoms with Crippen molar-refractivity contribution in [1.82, 2.24) is 4.98 Å². The summed E-state index contributed by atoms with van der Waals surface area (Å²) in [4.78, 5) is 16.3. The summed E-state index contributed by atoms with van der Waals surface area (Å²) < 4.78 is 16.8. The summed E-state index contributed by atoms with van der Waals surface area (Å²) in [5.74, 6) is 1.36. The van der Waals surface area contributed by atoms with E-state index in [-0.39, 0.29) is 5.97 Å². The molecule has 1 heterocycles. The molecule has 4 aromatic rings. The van der Waals surface area contributed by atoms with Gasteiger partial charge in [0.05, 0.1) is 18.8 Å². The zero-order valence-corrected chi connectivity index (χ0v) is 17.7. The number of esters is 1. The second-order valence-corrected chi connectivity index (χ2v) is 7.40. The maximum Gasteiger partial charge on any atom is 0.338 e. The van der Waals surface area contributed by atoms with Crippen LogP contribution < -0.4 is 4.74 Å². The summed E-state index contributed by atoms with van der Waals surface area (Å²) in [7, 11) is 0. The summed E-state index contributed by atoms with van der Waals surface area (Å²) >= 11 is 0. The molecule has 3 aromatic carbocycles. The van der Waals surface area contributed by atoms with Crippen LogP contribution in [0.5, 0.6) is 5.75 Å². The molecule has 0 bridgehead atoms. The lowest BCUT2D eigenvalue weighted by Crippen LogP contribution is -2.05. The number of carbonyl (C=O) groups is 1. The van der Waals surface area contributed by atoms with Gasteiger partial charge in [-0.15, -0.1) is 0 Å². The van der Waals surface area contributed by atoms with Crippen LogP contribution in [0.15, 0.2) is 77.2 Å². The Bertz CT molecular complexity index is 1130. The lowest BCUT2D eigenvalue weighted by molar-refractivity contribution is 0.0526. The molecule has 0 aliphatic rings. The predicted octanol–water partition coefficient (Wildman–Crippen LogP) is 6.24. The Hall–Kier alpha value is -3.60. The third kappa shape index (κ3) is 4.94. The van der Waals surface area contributed by atoms with Crippen molar-refractivity contribution in [2.75, 3.05) is 13.2 Å². The highest BCUT2D eigenvalue weighted by Gasteiger charge is 2.12. The van der Waals surface area contributed by atoms with Gasteiger partial charge in [-0.1, -0.05) is 31.2 Å². The Kier molecular flexibility index (Phi) is 6.32. The summed E-state index contributed by atoms with van der Waals surface area (Å²) in [5, 5.41) is 0. The third-order valence-electron chi connectivity index (χ3n) is 5.18. The molecule has 4 rings (SSSR count). The maximum atomic E-state index is 11.7. The van der Waals surface area contributed by atoms with E-state index in [9.17, 15) is 4.79 Å². The molecule has 5 heteroatoms. The van der Waals surface area contributed by atoms with Gasteiger partial charge in [-0.3, -0.25) is 0 Å². The fraction of sp³-hybridized carbons (Fsp3) is 0.231. The van der Waals surface area contributed by atoms with E-state index in [4.69, 9.17) is 13.9 Å². The zero-order valence-electron chi connectivity index (χ0n) is 17.7. The van der Waals surface area contributed by atoms with Crippen molar-refractivity contribution in [3.05, 3.63) is 83.9 Å². The Morgan fingerprint density at radius 3 is 2.61 bits per heavy atom. The molecular weight excluding hydrogens is 390 g/mol. The number of nitrogens with zero attached hydrogens (tertiary/aromatic N) is 1. The number of ether oxygens (including phenoxy) is 2. The number of para-hydroxylation sites is 2. The van der Waals surface area contributed by atoms with Crippen LogP contribution in [0.2, 0.25) is 0 Å². The maximum absolute atomic E-state index is 11.7. The molecular formula is C26H25NO4. The number of oxazole rings is 1. The summed E-state index contributed by atoms with van der Waals surface area (Å²) in [5.41, 5.74) is 4.35. The lowest BCUT2D eigenvalue weighted by Gasteiger charge is -2.14. The van der Waals surface area contributed by atoms with Crippen LogP contribution in [0.3, 0.4) is 0 Å². The van der Waals surface area contributed by atoms with Gasteiger partial charge >= 0.3 is 5.97 Å². The molecule has 0 saturated carbocycles. The smallest absolute Gasteiger partial charge is 0.338 e. The van der Waals surface area contributed by atoms with Crippen molar-refractivity contribution in [3.8, 4) is 17.2 Å². The zero-order chi connectivity index (χ0) is 21.6. The fourth-order valence-corrected chi connectivity index (χ4v) is 3.40. The number of hydrogen-bond donors (Lipinski definition) is 0. The standard InChI is InChI=1S/C26H25NO4/c1-3-29-26(28)19-11-13-22(14-12-19)30-16-15-18(2)20-7-6-8-21(17-20)25-27-23-9-4-5-10-24(23)31-25/h4-14,17-18H,3,15-16H2,1-2H3. The number of fused-ring (bicyclic) bond motifs is 1. The van der Waals surface area contributed by atoms with Gasteiger partial charge in [0.25, 0.3) is 0 Å². The molecule has 0 radical (unpaired) electrons. The fourth-order valence-electron chi connectivity index (χ4n) is 3.40. The average molecular weight is 415 g/mol. The molecule has 31 heavy (non-hydrogen) atoms. The molecule has 1 aromatic heterocycles. The first-order chi connectivity index (χ1) is 15.1. The van der Waals surface area contributed by atoms with E-state index in [0.717, 1.165) is 28.8 Å². The first kappa shape index (κ1) is 20.7. The first-order valence-corrected chi connectivity index (χ1v) is 10.5. The average Bonchev–Trinajstić information content (AvgIpc) is 3.24. The topological polar surface area (TPSA) is 61.6 Å². The quantitative estimate of drug-likeness (QED) is 0.319. The monoisotopic (exact) mass is 415 g/mol. The van der Waals surface area contributed by atoms with Gasteiger partial charge in [0.1, 0.15) is 11.3 Å². The van der Waals surface area contributed by atoms with Crippen molar-refractivity contribution < 1.29 is 18.7 Å². The van der Waals surface area contributed by atoms with E-state index in [2.05, 4.69) is 24.0 Å². The third-order valence-corrected chi connectivity index (χ3v) is 5.18. The van der Waals surface area contributed by atoms with Gasteiger partial charge in [-0.05, 0) is 73.4 Å². The van der Waals surface area contributed by atoms with E-state index in [0.29, 0.717) is 30.6 Å². The van der Waals surface area contributed by atoms with E-state index >= 15 is 0 Å². The first-order valence-electron chi connectivity index (χ1n) is 10.5. The van der Waals surface area contributed by atoms with Gasteiger partial charge in [0, 0.05) is 5.56 Å². The molecule has 0 aliphatic carbocycles. The molecule has 158 valence electrons. The Balaban J connectivity index is 1.36. The molecule has 0 fully saturated rings. The number of rotatable bonds is 8. The van der Waals surface area contributed by atoms with E-state index in [1.165, 1.54) is 5.56 Å². The minimum Gasteiger partial charge on any atom is -0.494 e. The van der Waals surface area contributed by atoms with E-state index in [1.807, 2.05) is 36.4 Å². The molecule has 0 saturated heterocycles. The molecule has 5 nitrogen and oxygen atoms in total. The van der Waals surface area contributed by atoms with Gasteiger partial charge < -0.3 is 13.9 Å². The Morgan fingerprint density at radius 1 is 1.03 bits per heavy atom. The number of hydrogen-bond acceptors (Lipinski definition) is 5. The van der Waals surface area contributed by atoms with Gasteiger partial charge in [0.2, 0.25) is 5.89 Å². The van der Waals surface area contributed by atoms with Crippen molar-refractivity contribution in [1.29, 1.82) is 0 Å². The van der Waals surface area contributed by atoms with Crippen molar-refractivity contribution in [2.45, 2.75) is 26.2 Å². The molecule has 0 spiro atoms. The Morgan fingerprint density at radius 2 is 1.84 bits per heavy atom. The summed E-state index contributed by atoms with van der Waals surface area (Å²) in [6.45, 7) is 4.91. The van der Waals surface area contributed by atoms with Gasteiger partial charge in [-0.2, -0.15) is 0 Å². The molecule has 0 N–H and O–H groups in total. The van der Waals surface area contributed by atoms with Crippen molar-refractivity contribution in [3.63, 3.8) is 0 Å². The van der Waals surface area contributed by atoms with Crippen LogP contribution in [-0.4, -0.2) is 24.2 Å². The van der Waals surface area contributed by atoms with Crippen molar-refractivity contribution >= 4 is 17.1 Å². The van der Waals surface area contributed by atoms with Crippen LogP contribution in [-0.2, 0) is 4.74 Å². The molecule has 0 amide bonds. The van der Waals surface area contributed by atoms with Gasteiger partial charge in [0.15, 0.2) is 5.58 Å². The van der Waals surface area contributed by atoms with E-state index < -0.39 is 0 Å². The minimum atomic E-state index is -0.318. The normalized spacial score (nSPS) is 11.9. The highest BCUT2D eigenvalue weighted by molar-refractivity contribution is 5.89. The van der Waals surface area contributed by atoms with Gasteiger partial charge in [-0.25, -0.2) is 9.78 Å². The predicted molar refractivity (Wildman–Crippen MR) is 120 cm³/mol. The molecule has 1 atom stereocenters. The van der Waals surface area contributed by atoms with Crippen LogP contribution in [0.1, 0.15) is 42.1 Å². The Labute approximate surface area is 181 Å². The highest BCUT2D eigenvalue weighted by atomic mass is 16.5. The molecule has 0 aliphatic heterocycles. The van der Waals surface area contributed by atoms with Crippen LogP contribution in [0, 0.1) is 0 Å². The van der Waals surface area contributed by atoms with E-state index in [1.54, 1.807) is 31.2 Å². The number of aromatic nitrogens is 1.